The highest BCUT2D eigenvalue weighted by Crippen LogP contribution is 2.10. The van der Waals surface area contributed by atoms with Gasteiger partial charge in [0.2, 0.25) is 0 Å². The average Bonchev–Trinajstić information content (AvgIpc) is 2.71. The van der Waals surface area contributed by atoms with Crippen LogP contribution in [-0.2, 0) is 34.3 Å². The van der Waals surface area contributed by atoms with Gasteiger partial charge in [-0.25, -0.2) is 4.79 Å². The smallest absolute Gasteiger partial charge is 0.338 e. The maximum Gasteiger partial charge on any atom is 0.338 e. The van der Waals surface area contributed by atoms with Gasteiger partial charge in [-0.15, -0.1) is 11.6 Å². The summed E-state index contributed by atoms with van der Waals surface area (Å²) in [6.45, 7) is 4.17. The van der Waals surface area contributed by atoms with Crippen LogP contribution < -0.4 is 0 Å². The third-order valence-electron chi connectivity index (χ3n) is 3.72. The molecule has 0 saturated carbocycles. The maximum atomic E-state index is 12.2. The molecule has 1 aromatic carbocycles. The van der Waals surface area contributed by atoms with Gasteiger partial charge in [0.1, 0.15) is 12.7 Å². The SMILES string of the molecule is O=C(OCC1COCCOCCOCCOCCO1)c1cccc(CCl)c1. The molecule has 27 heavy (non-hydrogen) atoms. The Morgan fingerprint density at radius 2 is 1.59 bits per heavy atom. The molecule has 2 rings (SSSR count). The Morgan fingerprint density at radius 1 is 0.963 bits per heavy atom. The Bertz CT molecular complexity index is 525. The third kappa shape index (κ3) is 9.51. The zero-order valence-corrected chi connectivity index (χ0v) is 16.2. The zero-order valence-electron chi connectivity index (χ0n) is 15.4. The van der Waals surface area contributed by atoms with Crippen LogP contribution in [0.25, 0.3) is 0 Å². The topological polar surface area (TPSA) is 72.5 Å². The normalized spacial score (nSPS) is 21.0. The molecular weight excluding hydrogens is 376 g/mol. The zero-order chi connectivity index (χ0) is 19.2. The summed E-state index contributed by atoms with van der Waals surface area (Å²) in [5.41, 5.74) is 1.32. The number of hydrogen-bond donors (Lipinski definition) is 0. The van der Waals surface area contributed by atoms with Crippen molar-refractivity contribution in [2.24, 2.45) is 0 Å². The quantitative estimate of drug-likeness (QED) is 0.563. The number of carbonyl (C=O) groups is 1. The van der Waals surface area contributed by atoms with E-state index in [1.807, 2.05) is 6.07 Å². The van der Waals surface area contributed by atoms with Crippen LogP contribution in [0, 0.1) is 0 Å². The first-order chi connectivity index (χ1) is 13.3. The molecule has 1 atom stereocenters. The minimum Gasteiger partial charge on any atom is -0.459 e. The summed E-state index contributed by atoms with van der Waals surface area (Å²) >= 11 is 5.80. The molecule has 1 aliphatic rings. The van der Waals surface area contributed by atoms with Crippen LogP contribution in [-0.4, -0.2) is 78.1 Å². The molecule has 8 heteroatoms. The molecule has 0 bridgehead atoms. The van der Waals surface area contributed by atoms with Gasteiger partial charge in [-0.3, -0.25) is 0 Å². The number of esters is 1. The minimum atomic E-state index is -0.418. The monoisotopic (exact) mass is 402 g/mol. The van der Waals surface area contributed by atoms with Crippen molar-refractivity contribution in [1.29, 1.82) is 0 Å². The minimum absolute atomic E-state index is 0.0912. The molecule has 0 aliphatic carbocycles. The number of halogens is 1. The summed E-state index contributed by atoms with van der Waals surface area (Å²) in [7, 11) is 0. The molecule has 1 fully saturated rings. The highest BCUT2D eigenvalue weighted by molar-refractivity contribution is 6.17. The Hall–Kier alpha value is -1.22. The van der Waals surface area contributed by atoms with Gasteiger partial charge in [-0.2, -0.15) is 0 Å². The summed E-state index contributed by atoms with van der Waals surface area (Å²) < 4.78 is 32.8. The van der Waals surface area contributed by atoms with Crippen LogP contribution in [0.3, 0.4) is 0 Å². The lowest BCUT2D eigenvalue weighted by Gasteiger charge is -2.18. The lowest BCUT2D eigenvalue weighted by molar-refractivity contribution is -0.0689. The molecule has 0 N–H and O–H groups in total. The number of ether oxygens (including phenoxy) is 6. The van der Waals surface area contributed by atoms with E-state index in [1.165, 1.54) is 0 Å². The summed E-state index contributed by atoms with van der Waals surface area (Å²) in [4.78, 5) is 12.2. The average molecular weight is 403 g/mol. The first kappa shape index (κ1) is 22.1. The molecular formula is C19H27ClO7. The Morgan fingerprint density at radius 3 is 2.26 bits per heavy atom. The summed E-state index contributed by atoms with van der Waals surface area (Å²) in [5.74, 6) is -0.0773. The van der Waals surface area contributed by atoms with Crippen molar-refractivity contribution < 1.29 is 33.2 Å². The number of hydrogen-bond acceptors (Lipinski definition) is 7. The van der Waals surface area contributed by atoms with E-state index in [1.54, 1.807) is 18.2 Å². The molecule has 0 aromatic heterocycles. The molecule has 1 heterocycles. The summed E-state index contributed by atoms with van der Waals surface area (Å²) in [5, 5.41) is 0. The number of rotatable bonds is 4. The number of alkyl halides is 1. The van der Waals surface area contributed by atoms with Crippen LogP contribution in [0.2, 0.25) is 0 Å². The second-order valence-electron chi connectivity index (χ2n) is 5.84. The lowest BCUT2D eigenvalue weighted by atomic mass is 10.1. The predicted octanol–water partition coefficient (Wildman–Crippen LogP) is 2.05. The van der Waals surface area contributed by atoms with Gasteiger partial charge in [0.05, 0.1) is 65.0 Å². The number of benzene rings is 1. The van der Waals surface area contributed by atoms with E-state index in [0.717, 1.165) is 5.56 Å². The van der Waals surface area contributed by atoms with E-state index in [4.69, 9.17) is 40.0 Å². The Labute approximate surface area is 164 Å². The molecule has 0 amide bonds. The van der Waals surface area contributed by atoms with E-state index in [-0.39, 0.29) is 12.7 Å². The van der Waals surface area contributed by atoms with Crippen LogP contribution >= 0.6 is 11.6 Å². The van der Waals surface area contributed by atoms with E-state index in [0.29, 0.717) is 70.9 Å². The van der Waals surface area contributed by atoms with E-state index in [9.17, 15) is 4.79 Å². The van der Waals surface area contributed by atoms with E-state index in [2.05, 4.69) is 0 Å². The molecule has 1 aliphatic heterocycles. The molecule has 152 valence electrons. The standard InChI is InChI=1S/C19H27ClO7/c20-13-16-2-1-3-17(12-16)19(21)27-15-18-14-25-9-8-23-5-4-22-6-7-24-10-11-26-18/h1-3,12,18H,4-11,13-15H2. The van der Waals surface area contributed by atoms with Crippen molar-refractivity contribution in [1.82, 2.24) is 0 Å². The Kier molecular flexibility index (Phi) is 11.3. The fraction of sp³-hybridized carbons (Fsp3) is 0.632. The fourth-order valence-corrected chi connectivity index (χ4v) is 2.49. The van der Waals surface area contributed by atoms with Crippen molar-refractivity contribution in [3.05, 3.63) is 35.4 Å². The first-order valence-electron chi connectivity index (χ1n) is 9.04. The molecule has 1 aromatic rings. The van der Waals surface area contributed by atoms with Gasteiger partial charge in [-0.1, -0.05) is 12.1 Å². The summed E-state index contributed by atoms with van der Waals surface area (Å²) in [6, 6.07) is 7.04. The first-order valence-corrected chi connectivity index (χ1v) is 9.57. The van der Waals surface area contributed by atoms with Gasteiger partial charge < -0.3 is 28.4 Å². The van der Waals surface area contributed by atoms with Gasteiger partial charge >= 0.3 is 5.97 Å². The van der Waals surface area contributed by atoms with Gasteiger partial charge in [0.25, 0.3) is 0 Å². The third-order valence-corrected chi connectivity index (χ3v) is 4.03. The predicted molar refractivity (Wildman–Crippen MR) is 99.3 cm³/mol. The van der Waals surface area contributed by atoms with Crippen molar-refractivity contribution >= 4 is 17.6 Å². The van der Waals surface area contributed by atoms with Crippen LogP contribution in [0.5, 0.6) is 0 Å². The molecule has 7 nitrogen and oxygen atoms in total. The van der Waals surface area contributed by atoms with Gasteiger partial charge in [0, 0.05) is 5.88 Å². The molecule has 1 saturated heterocycles. The van der Waals surface area contributed by atoms with Crippen LogP contribution in [0.4, 0.5) is 0 Å². The van der Waals surface area contributed by atoms with Gasteiger partial charge in [-0.05, 0) is 17.7 Å². The van der Waals surface area contributed by atoms with E-state index >= 15 is 0 Å². The maximum absolute atomic E-state index is 12.2. The fourth-order valence-electron chi connectivity index (χ4n) is 2.33. The molecule has 1 unspecified atom stereocenters. The highest BCUT2D eigenvalue weighted by Gasteiger charge is 2.15. The Balaban J connectivity index is 1.79. The molecule has 0 spiro atoms. The van der Waals surface area contributed by atoms with E-state index < -0.39 is 5.97 Å². The molecule has 0 radical (unpaired) electrons. The van der Waals surface area contributed by atoms with Crippen molar-refractivity contribution in [2.45, 2.75) is 12.0 Å². The second kappa shape index (κ2) is 13.9. The van der Waals surface area contributed by atoms with Crippen molar-refractivity contribution in [2.75, 3.05) is 66.1 Å². The van der Waals surface area contributed by atoms with Crippen LogP contribution in [0.1, 0.15) is 15.9 Å². The summed E-state index contributed by atoms with van der Waals surface area (Å²) in [6.07, 6.45) is -0.380. The van der Waals surface area contributed by atoms with Gasteiger partial charge in [0.15, 0.2) is 0 Å². The second-order valence-corrected chi connectivity index (χ2v) is 6.10. The lowest BCUT2D eigenvalue weighted by Crippen LogP contribution is -2.29. The highest BCUT2D eigenvalue weighted by atomic mass is 35.5. The van der Waals surface area contributed by atoms with Crippen molar-refractivity contribution in [3.8, 4) is 0 Å². The largest absolute Gasteiger partial charge is 0.459 e. The van der Waals surface area contributed by atoms with Crippen LogP contribution in [0.15, 0.2) is 24.3 Å². The van der Waals surface area contributed by atoms with Crippen molar-refractivity contribution in [3.63, 3.8) is 0 Å². The number of carbonyl (C=O) groups excluding carboxylic acids is 1.